The van der Waals surface area contributed by atoms with Crippen molar-refractivity contribution in [2.45, 2.75) is 0 Å². The summed E-state index contributed by atoms with van der Waals surface area (Å²) in [5.74, 6) is 0. The summed E-state index contributed by atoms with van der Waals surface area (Å²) >= 11 is 0. The second-order valence-electron chi connectivity index (χ2n) is 1.67. The van der Waals surface area contributed by atoms with E-state index in [1.54, 1.807) is 0 Å². The van der Waals surface area contributed by atoms with Crippen molar-refractivity contribution >= 4 is 73.1 Å². The van der Waals surface area contributed by atoms with E-state index in [1.807, 2.05) is 0 Å². The second-order valence-corrected chi connectivity index (χ2v) is 3.42. The third-order valence-corrected chi connectivity index (χ3v) is 0.880. The van der Waals surface area contributed by atoms with E-state index in [2.05, 4.69) is 9.56 Å². The van der Waals surface area contributed by atoms with Gasteiger partial charge in [0.15, 0.2) is 6.73 Å². The molecule has 0 heterocycles. The van der Waals surface area contributed by atoms with Gasteiger partial charge in [0.25, 0.3) is 0 Å². The number of hydrogen-bond donors (Lipinski definition) is 2. The van der Waals surface area contributed by atoms with Crippen molar-refractivity contribution < 1.29 is 29.0 Å². The number of amides is 1. The summed E-state index contributed by atoms with van der Waals surface area (Å²) in [7, 11) is -3.71. The molecule has 1 unspecified atom stereocenters. The molecule has 1 amide bonds. The van der Waals surface area contributed by atoms with E-state index in [4.69, 9.17) is 10.1 Å². The van der Waals surface area contributed by atoms with Gasteiger partial charge in [-0.05, 0) is 0 Å². The van der Waals surface area contributed by atoms with Gasteiger partial charge in [-0.1, -0.05) is 0 Å². The van der Waals surface area contributed by atoms with Crippen molar-refractivity contribution in [2.75, 3.05) is 13.4 Å². The molecule has 0 fully saturated rings. The SMILES string of the molecule is CP(=O)(O)OOCN(O)C=O.[Na].[Na]. The Balaban J connectivity index is -0.000000500. The van der Waals surface area contributed by atoms with Gasteiger partial charge in [-0.15, -0.1) is 4.67 Å². The first-order chi connectivity index (χ1) is 4.95. The third-order valence-electron chi connectivity index (χ3n) is 0.498. The van der Waals surface area contributed by atoms with E-state index in [9.17, 15) is 9.36 Å². The Morgan fingerprint density at radius 1 is 1.54 bits per heavy atom. The third kappa shape index (κ3) is 16.2. The predicted octanol–water partition coefficient (Wildman–Crippen LogP) is -1.21. The molecule has 0 aromatic carbocycles. The van der Waals surface area contributed by atoms with Crippen LogP contribution < -0.4 is 0 Å². The van der Waals surface area contributed by atoms with Crippen molar-refractivity contribution in [3.63, 3.8) is 0 Å². The largest absolute Gasteiger partial charge is 0.352 e. The van der Waals surface area contributed by atoms with E-state index < -0.39 is 14.3 Å². The van der Waals surface area contributed by atoms with Crippen LogP contribution in [0.3, 0.4) is 0 Å². The van der Waals surface area contributed by atoms with Crippen molar-refractivity contribution in [1.29, 1.82) is 0 Å². The molecule has 13 heavy (non-hydrogen) atoms. The summed E-state index contributed by atoms with van der Waals surface area (Å²) in [6, 6.07) is 0. The Morgan fingerprint density at radius 2 is 2.00 bits per heavy atom. The van der Waals surface area contributed by atoms with Crippen molar-refractivity contribution in [2.24, 2.45) is 0 Å². The molecule has 0 aliphatic heterocycles. The molecule has 0 rings (SSSR count). The molecular formula is C3H8NNa2O6P. The van der Waals surface area contributed by atoms with Crippen molar-refractivity contribution in [1.82, 2.24) is 5.06 Å². The normalized spacial score (nSPS) is 13.2. The fraction of sp³-hybridized carbons (Fsp3) is 0.667. The molecule has 1 atom stereocenters. The van der Waals surface area contributed by atoms with Crippen LogP contribution in [0.1, 0.15) is 0 Å². The number of nitrogens with zero attached hydrogens (tertiary/aromatic N) is 1. The Bertz CT molecular complexity index is 173. The molecule has 2 radical (unpaired) electrons. The maximum Gasteiger partial charge on any atom is 0.352 e. The Kier molecular flexibility index (Phi) is 15.5. The fourth-order valence-corrected chi connectivity index (χ4v) is 0.449. The molecule has 0 saturated heterocycles. The monoisotopic (exact) mass is 231 g/mol. The molecule has 68 valence electrons. The minimum atomic E-state index is -3.71. The Hall–Kier alpha value is 1.54. The molecular weight excluding hydrogens is 223 g/mol. The summed E-state index contributed by atoms with van der Waals surface area (Å²) in [5, 5.41) is 8.45. The van der Waals surface area contributed by atoms with Crippen LogP contribution in [0.5, 0.6) is 0 Å². The van der Waals surface area contributed by atoms with Crippen LogP contribution in [0, 0.1) is 0 Å². The van der Waals surface area contributed by atoms with Crippen molar-refractivity contribution in [3.8, 4) is 0 Å². The van der Waals surface area contributed by atoms with Gasteiger partial charge >= 0.3 is 7.60 Å². The minimum Gasteiger partial charge on any atom is -0.323 e. The van der Waals surface area contributed by atoms with Gasteiger partial charge in [-0.3, -0.25) is 14.6 Å². The average molecular weight is 231 g/mol. The molecule has 7 nitrogen and oxygen atoms in total. The maximum atomic E-state index is 10.3. The van der Waals surface area contributed by atoms with Crippen LogP contribution >= 0.6 is 7.60 Å². The zero-order valence-corrected chi connectivity index (χ0v) is 12.6. The minimum absolute atomic E-state index is 0. The standard InChI is InChI=1S/C3H8NO6P.2Na/c1-11(7,8)10-9-3-4(6)2-5;;/h2,6H,3H2,1H3,(H,7,8);;. The fourth-order valence-electron chi connectivity index (χ4n) is 0.206. The summed E-state index contributed by atoms with van der Waals surface area (Å²) in [6.07, 6.45) is 0.0569. The summed E-state index contributed by atoms with van der Waals surface area (Å²) in [4.78, 5) is 22.1. The first-order valence-electron chi connectivity index (χ1n) is 2.48. The number of hydrogen-bond acceptors (Lipinski definition) is 5. The smallest absolute Gasteiger partial charge is 0.323 e. The van der Waals surface area contributed by atoms with Crippen LogP contribution in [-0.4, -0.2) is 94.1 Å². The molecule has 2 N–H and O–H groups in total. The van der Waals surface area contributed by atoms with Crippen molar-refractivity contribution in [3.05, 3.63) is 0 Å². The summed E-state index contributed by atoms with van der Waals surface area (Å²) in [5.41, 5.74) is 0. The molecule has 0 spiro atoms. The molecule has 0 aliphatic carbocycles. The number of hydroxylamine groups is 2. The summed E-state index contributed by atoms with van der Waals surface area (Å²) < 4.78 is 14.2. The zero-order chi connectivity index (χ0) is 8.91. The number of carbonyl (C=O) groups is 1. The number of rotatable bonds is 5. The van der Waals surface area contributed by atoms with Crippen LogP contribution in [0.15, 0.2) is 0 Å². The zero-order valence-electron chi connectivity index (χ0n) is 7.71. The van der Waals surface area contributed by atoms with Gasteiger partial charge in [0.05, 0.1) is 0 Å². The van der Waals surface area contributed by atoms with E-state index in [0.29, 0.717) is 0 Å². The molecule has 0 aromatic heterocycles. The molecule has 0 aromatic rings. The Labute approximate surface area is 119 Å². The topological polar surface area (TPSA) is 96.3 Å². The van der Waals surface area contributed by atoms with E-state index in [0.717, 1.165) is 6.66 Å². The van der Waals surface area contributed by atoms with Gasteiger partial charge in [0.1, 0.15) is 0 Å². The van der Waals surface area contributed by atoms with Gasteiger partial charge in [0.2, 0.25) is 6.41 Å². The Morgan fingerprint density at radius 3 is 2.31 bits per heavy atom. The average Bonchev–Trinajstić information content (AvgIpc) is 1.85. The molecule has 10 heteroatoms. The van der Waals surface area contributed by atoms with Gasteiger partial charge in [-0.2, -0.15) is 5.06 Å². The summed E-state index contributed by atoms with van der Waals surface area (Å²) in [6.45, 7) is 0.275. The quantitative estimate of drug-likeness (QED) is 0.117. The van der Waals surface area contributed by atoms with Gasteiger partial charge < -0.3 is 4.89 Å². The predicted molar refractivity (Wildman–Crippen MR) is 44.0 cm³/mol. The van der Waals surface area contributed by atoms with E-state index in [1.165, 1.54) is 0 Å². The van der Waals surface area contributed by atoms with Crippen LogP contribution in [-0.2, 0) is 18.9 Å². The molecule has 0 bridgehead atoms. The van der Waals surface area contributed by atoms with Gasteiger partial charge in [0, 0.05) is 65.8 Å². The molecule has 0 aliphatic rings. The van der Waals surface area contributed by atoms with E-state index in [-0.39, 0.29) is 70.6 Å². The second kappa shape index (κ2) is 10.1. The van der Waals surface area contributed by atoms with Gasteiger partial charge in [-0.25, -0.2) is 4.89 Å². The van der Waals surface area contributed by atoms with E-state index >= 15 is 0 Å². The first-order valence-corrected chi connectivity index (χ1v) is 4.50. The van der Waals surface area contributed by atoms with Crippen LogP contribution in [0.25, 0.3) is 0 Å². The maximum absolute atomic E-state index is 10.3. The number of carbonyl (C=O) groups excluding carboxylic acids is 1. The molecule has 0 saturated carbocycles. The van der Waals surface area contributed by atoms with Crippen LogP contribution in [0.4, 0.5) is 0 Å². The first kappa shape index (κ1) is 20.0. The van der Waals surface area contributed by atoms with Crippen LogP contribution in [0.2, 0.25) is 0 Å².